The van der Waals surface area contributed by atoms with Gasteiger partial charge in [-0.2, -0.15) is 4.80 Å². The van der Waals surface area contributed by atoms with Gasteiger partial charge in [0.2, 0.25) is 17.5 Å². The summed E-state index contributed by atoms with van der Waals surface area (Å²) < 4.78 is 5.40. The molecule has 31 heavy (non-hydrogen) atoms. The maximum Gasteiger partial charge on any atom is 0.526 e. The second-order valence-corrected chi connectivity index (χ2v) is 7.60. The molecule has 4 N–H and O–H groups in total. The number of carbonyl (C=O) groups excluding carboxylic acids is 2. The molecule has 0 aliphatic carbocycles. The van der Waals surface area contributed by atoms with Crippen LogP contribution < -0.4 is 15.3 Å². The number of nitrogens with one attached hydrogen (secondary N) is 2. The minimum Gasteiger partial charge on any atom is -0.535 e. The van der Waals surface area contributed by atoms with Crippen molar-refractivity contribution in [2.75, 3.05) is 13.1 Å². The van der Waals surface area contributed by atoms with Gasteiger partial charge in [0.05, 0.1) is 5.56 Å². The van der Waals surface area contributed by atoms with Crippen molar-refractivity contribution in [2.24, 2.45) is 0 Å². The molecule has 13 heteroatoms. The van der Waals surface area contributed by atoms with Gasteiger partial charge in [0.15, 0.2) is 0 Å². The van der Waals surface area contributed by atoms with Crippen LogP contribution in [0.2, 0.25) is 5.82 Å². The molecule has 0 unspecified atom stereocenters. The number of benzene rings is 1. The van der Waals surface area contributed by atoms with E-state index < -0.39 is 24.7 Å². The molecule has 162 valence electrons. The number of hydrogen-bond donors (Lipinski definition) is 4. The van der Waals surface area contributed by atoms with E-state index in [9.17, 15) is 24.5 Å². The van der Waals surface area contributed by atoms with Crippen molar-refractivity contribution >= 4 is 24.8 Å². The van der Waals surface area contributed by atoms with Gasteiger partial charge in [0.1, 0.15) is 12.3 Å². The summed E-state index contributed by atoms with van der Waals surface area (Å²) in [6.45, 7) is 1.41. The number of tetrazole rings is 1. The molecule has 2 aliphatic heterocycles. The Labute approximate surface area is 177 Å². The lowest BCUT2D eigenvalue weighted by Gasteiger charge is -2.27. The first-order valence-corrected chi connectivity index (χ1v) is 9.91. The van der Waals surface area contributed by atoms with E-state index in [4.69, 9.17) is 4.65 Å². The Kier molecular flexibility index (Phi) is 5.95. The lowest BCUT2D eigenvalue weighted by molar-refractivity contribution is -0.122. The average Bonchev–Trinajstić information content (AvgIpc) is 3.40. The van der Waals surface area contributed by atoms with E-state index in [1.807, 2.05) is 0 Å². The van der Waals surface area contributed by atoms with E-state index in [1.54, 1.807) is 12.1 Å². The number of carbonyl (C=O) groups is 3. The van der Waals surface area contributed by atoms with Crippen LogP contribution in [-0.2, 0) is 17.8 Å². The number of carboxylic acids is 1. The number of ketones is 1. The highest BCUT2D eigenvalue weighted by Crippen LogP contribution is 2.36. The summed E-state index contributed by atoms with van der Waals surface area (Å²) in [6, 6.07) is 4.73. The Morgan fingerprint density at radius 2 is 2.19 bits per heavy atom. The van der Waals surface area contributed by atoms with Crippen molar-refractivity contribution in [3.05, 3.63) is 35.2 Å². The molecule has 12 nitrogen and oxygen atoms in total. The second-order valence-electron chi connectivity index (χ2n) is 7.60. The summed E-state index contributed by atoms with van der Waals surface area (Å²) in [4.78, 5) is 37.0. The summed E-state index contributed by atoms with van der Waals surface area (Å²) in [6.07, 6.45) is 0.988. The predicted octanol–water partition coefficient (Wildman–Crippen LogP) is -1.09. The van der Waals surface area contributed by atoms with Crippen LogP contribution in [-0.4, -0.2) is 74.2 Å². The molecule has 0 spiro atoms. The Balaban J connectivity index is 1.37. The summed E-state index contributed by atoms with van der Waals surface area (Å²) in [5.74, 6) is -2.54. The number of para-hydroxylation sites is 1. The number of fused-ring (bicyclic) bond motifs is 1. The fourth-order valence-electron chi connectivity index (χ4n) is 3.76. The highest BCUT2D eigenvalue weighted by molar-refractivity contribution is 6.47. The molecule has 1 amide bonds. The number of nitrogens with zero attached hydrogens (tertiary/aromatic N) is 4. The molecule has 0 saturated carbocycles. The lowest BCUT2D eigenvalue weighted by atomic mass is 9.64. The van der Waals surface area contributed by atoms with E-state index in [-0.39, 0.29) is 48.5 Å². The molecular weight excluding hydrogens is 407 g/mol. The topological polar surface area (TPSA) is 169 Å². The van der Waals surface area contributed by atoms with Gasteiger partial charge in [-0.05, 0) is 36.2 Å². The summed E-state index contributed by atoms with van der Waals surface area (Å²) in [5, 5.41) is 37.0. The molecule has 3 heterocycles. The summed E-state index contributed by atoms with van der Waals surface area (Å²) >= 11 is 0. The molecule has 1 aromatic carbocycles. The number of carboxylic acid groups (broad SMARTS) is 1. The van der Waals surface area contributed by atoms with Crippen molar-refractivity contribution in [3.63, 3.8) is 0 Å². The summed E-state index contributed by atoms with van der Waals surface area (Å²) in [7, 11) is -1.35. The molecule has 2 aromatic rings. The van der Waals surface area contributed by atoms with Crippen LogP contribution in [0.1, 0.15) is 39.4 Å². The molecule has 0 radical (unpaired) electrons. The molecule has 2 aliphatic rings. The van der Waals surface area contributed by atoms with Crippen LogP contribution in [0.4, 0.5) is 0 Å². The van der Waals surface area contributed by atoms with Crippen LogP contribution in [0.3, 0.4) is 0 Å². The zero-order chi connectivity index (χ0) is 22.0. The molecule has 1 fully saturated rings. The number of hydrogen-bond acceptors (Lipinski definition) is 9. The third kappa shape index (κ3) is 4.72. The first kappa shape index (κ1) is 20.9. The Hall–Kier alpha value is -3.32. The number of Topliss-reactive ketones (excluding diaryl/α,β-unsaturated/α-hetero) is 1. The molecule has 4 rings (SSSR count). The molecule has 2 atom stereocenters. The molecular formula is C18H21BN6O6. The standard InChI is InChI=1S/C18H21BN6O6/c26-14(17-22-24-25(23-17)9-15(27)21-12-4-5-20-8-12)7-11-6-10-2-1-3-13(18(28)29)16(10)31-19(11)30/h1-3,11-12,20,30H,4-9H2,(H,21,27)(H,28,29)/t11-,12+/m1/s1. The van der Waals surface area contributed by atoms with E-state index in [1.165, 1.54) is 6.07 Å². The van der Waals surface area contributed by atoms with E-state index in [2.05, 4.69) is 26.0 Å². The normalized spacial score (nSPS) is 20.1. The maximum absolute atomic E-state index is 12.6. The van der Waals surface area contributed by atoms with Crippen molar-refractivity contribution in [1.82, 2.24) is 30.8 Å². The highest BCUT2D eigenvalue weighted by atomic mass is 16.5. The van der Waals surface area contributed by atoms with E-state index in [0.717, 1.165) is 17.8 Å². The predicted molar refractivity (Wildman–Crippen MR) is 106 cm³/mol. The molecule has 1 aromatic heterocycles. The number of rotatable bonds is 7. The van der Waals surface area contributed by atoms with E-state index in [0.29, 0.717) is 12.1 Å². The maximum atomic E-state index is 12.6. The quantitative estimate of drug-likeness (QED) is 0.314. The largest absolute Gasteiger partial charge is 0.535 e. The fraction of sp³-hybridized carbons (Fsp3) is 0.444. The Morgan fingerprint density at radius 1 is 1.35 bits per heavy atom. The van der Waals surface area contributed by atoms with Crippen molar-refractivity contribution in [3.8, 4) is 5.75 Å². The minimum atomic E-state index is -1.35. The van der Waals surface area contributed by atoms with Crippen LogP contribution >= 0.6 is 0 Å². The monoisotopic (exact) mass is 428 g/mol. The Morgan fingerprint density at radius 3 is 2.94 bits per heavy atom. The van der Waals surface area contributed by atoms with Crippen molar-refractivity contribution < 1.29 is 29.2 Å². The fourth-order valence-corrected chi connectivity index (χ4v) is 3.76. The first-order valence-electron chi connectivity index (χ1n) is 9.91. The zero-order valence-corrected chi connectivity index (χ0v) is 16.5. The van der Waals surface area contributed by atoms with Crippen molar-refractivity contribution in [2.45, 2.75) is 37.7 Å². The third-order valence-electron chi connectivity index (χ3n) is 5.31. The smallest absolute Gasteiger partial charge is 0.526 e. The van der Waals surface area contributed by atoms with Crippen LogP contribution in [0.15, 0.2) is 18.2 Å². The van der Waals surface area contributed by atoms with Gasteiger partial charge < -0.3 is 25.4 Å². The van der Waals surface area contributed by atoms with Crippen LogP contribution in [0.25, 0.3) is 0 Å². The number of aromatic carboxylic acids is 1. The van der Waals surface area contributed by atoms with Gasteiger partial charge in [-0.3, -0.25) is 9.59 Å². The van der Waals surface area contributed by atoms with Crippen LogP contribution in [0.5, 0.6) is 5.75 Å². The SMILES string of the molecule is O=C(Cn1nnc(C(=O)C[C@H]2Cc3cccc(C(=O)O)c3OB2O)n1)N[C@H]1CCNC1. The van der Waals surface area contributed by atoms with Gasteiger partial charge in [-0.15, -0.1) is 10.2 Å². The van der Waals surface area contributed by atoms with Gasteiger partial charge in [0.25, 0.3) is 0 Å². The highest BCUT2D eigenvalue weighted by Gasteiger charge is 2.38. The number of amides is 1. The van der Waals surface area contributed by atoms with Gasteiger partial charge in [-0.1, -0.05) is 12.1 Å². The van der Waals surface area contributed by atoms with Crippen LogP contribution in [0, 0.1) is 0 Å². The molecule has 1 saturated heterocycles. The average molecular weight is 428 g/mol. The zero-order valence-electron chi connectivity index (χ0n) is 16.5. The minimum absolute atomic E-state index is 0.0439. The third-order valence-corrected chi connectivity index (χ3v) is 5.31. The summed E-state index contributed by atoms with van der Waals surface area (Å²) in [5.41, 5.74) is 0.551. The first-order chi connectivity index (χ1) is 14.9. The van der Waals surface area contributed by atoms with E-state index >= 15 is 0 Å². The van der Waals surface area contributed by atoms with Gasteiger partial charge in [0, 0.05) is 24.8 Å². The lowest BCUT2D eigenvalue weighted by Crippen LogP contribution is -2.38. The van der Waals surface area contributed by atoms with Gasteiger partial charge in [-0.25, -0.2) is 4.79 Å². The number of aromatic nitrogens is 4. The second kappa shape index (κ2) is 8.82. The van der Waals surface area contributed by atoms with Gasteiger partial charge >= 0.3 is 13.1 Å². The van der Waals surface area contributed by atoms with Crippen molar-refractivity contribution in [1.29, 1.82) is 0 Å². The molecule has 0 bridgehead atoms. The Bertz CT molecular complexity index is 1010.